The SMILES string of the molecule is Cc1c(C)c2ccc(OCC(=O)Nc3ccc(CCO)cc3)c(C)c2oc1=O. The van der Waals surface area contributed by atoms with E-state index in [0.717, 1.165) is 16.5 Å². The number of aliphatic hydroxyl groups is 1. The first-order valence-corrected chi connectivity index (χ1v) is 9.06. The summed E-state index contributed by atoms with van der Waals surface area (Å²) >= 11 is 0. The van der Waals surface area contributed by atoms with Gasteiger partial charge in [-0.05, 0) is 62.6 Å². The van der Waals surface area contributed by atoms with Gasteiger partial charge in [-0.2, -0.15) is 0 Å². The van der Waals surface area contributed by atoms with Crippen LogP contribution in [0.1, 0.15) is 22.3 Å². The fourth-order valence-electron chi connectivity index (χ4n) is 3.01. The van der Waals surface area contributed by atoms with E-state index in [9.17, 15) is 9.59 Å². The Balaban J connectivity index is 1.71. The molecular weight excluding hydrogens is 358 g/mol. The first-order chi connectivity index (χ1) is 13.4. The van der Waals surface area contributed by atoms with Crippen molar-refractivity contribution < 1.29 is 19.1 Å². The summed E-state index contributed by atoms with van der Waals surface area (Å²) in [5.74, 6) is 0.197. The van der Waals surface area contributed by atoms with Crippen LogP contribution in [0.15, 0.2) is 45.6 Å². The summed E-state index contributed by atoms with van der Waals surface area (Å²) in [4.78, 5) is 24.1. The van der Waals surface area contributed by atoms with Gasteiger partial charge in [0.1, 0.15) is 11.3 Å². The Morgan fingerprint density at radius 1 is 1.04 bits per heavy atom. The van der Waals surface area contributed by atoms with Gasteiger partial charge in [0.25, 0.3) is 5.91 Å². The van der Waals surface area contributed by atoms with Gasteiger partial charge in [-0.1, -0.05) is 12.1 Å². The van der Waals surface area contributed by atoms with Crippen LogP contribution in [-0.4, -0.2) is 24.2 Å². The molecule has 0 radical (unpaired) electrons. The van der Waals surface area contributed by atoms with Crippen molar-refractivity contribution >= 4 is 22.6 Å². The zero-order chi connectivity index (χ0) is 20.3. The van der Waals surface area contributed by atoms with Gasteiger partial charge in [-0.25, -0.2) is 4.79 Å². The number of nitrogens with one attached hydrogen (secondary N) is 1. The van der Waals surface area contributed by atoms with Gasteiger partial charge in [0.15, 0.2) is 6.61 Å². The van der Waals surface area contributed by atoms with Crippen molar-refractivity contribution in [3.63, 3.8) is 0 Å². The summed E-state index contributed by atoms with van der Waals surface area (Å²) < 4.78 is 11.1. The number of amides is 1. The number of ether oxygens (including phenoxy) is 1. The Morgan fingerprint density at radius 2 is 1.75 bits per heavy atom. The van der Waals surface area contributed by atoms with Crippen LogP contribution in [0.25, 0.3) is 11.0 Å². The molecule has 0 aliphatic rings. The fourth-order valence-corrected chi connectivity index (χ4v) is 3.01. The quantitative estimate of drug-likeness (QED) is 0.640. The molecule has 0 saturated carbocycles. The fraction of sp³-hybridized carbons (Fsp3) is 0.273. The highest BCUT2D eigenvalue weighted by Crippen LogP contribution is 2.29. The highest BCUT2D eigenvalue weighted by Gasteiger charge is 2.13. The molecule has 6 nitrogen and oxygen atoms in total. The predicted molar refractivity (Wildman–Crippen MR) is 108 cm³/mol. The number of rotatable bonds is 6. The third-order valence-corrected chi connectivity index (χ3v) is 4.82. The largest absolute Gasteiger partial charge is 0.483 e. The normalized spacial score (nSPS) is 10.9. The lowest BCUT2D eigenvalue weighted by Gasteiger charge is -2.12. The Kier molecular flexibility index (Phi) is 5.80. The molecule has 0 unspecified atom stereocenters. The third kappa shape index (κ3) is 4.07. The second-order valence-electron chi connectivity index (χ2n) is 6.71. The van der Waals surface area contributed by atoms with Crippen LogP contribution in [0.3, 0.4) is 0 Å². The van der Waals surface area contributed by atoms with Crippen LogP contribution in [0.2, 0.25) is 0 Å². The number of benzene rings is 2. The maximum atomic E-state index is 12.2. The summed E-state index contributed by atoms with van der Waals surface area (Å²) in [6.07, 6.45) is 0.577. The zero-order valence-corrected chi connectivity index (χ0v) is 16.2. The van der Waals surface area contributed by atoms with Crippen LogP contribution in [0.4, 0.5) is 5.69 Å². The molecule has 2 N–H and O–H groups in total. The van der Waals surface area contributed by atoms with Gasteiger partial charge in [0, 0.05) is 28.8 Å². The Bertz CT molecular complexity index is 1070. The summed E-state index contributed by atoms with van der Waals surface area (Å²) in [5, 5.41) is 12.6. The van der Waals surface area contributed by atoms with Crippen molar-refractivity contribution in [3.8, 4) is 5.75 Å². The van der Waals surface area contributed by atoms with Crippen LogP contribution in [-0.2, 0) is 11.2 Å². The van der Waals surface area contributed by atoms with Crippen molar-refractivity contribution in [2.24, 2.45) is 0 Å². The summed E-state index contributed by atoms with van der Waals surface area (Å²) in [6.45, 7) is 5.34. The topological polar surface area (TPSA) is 88.8 Å². The smallest absolute Gasteiger partial charge is 0.339 e. The lowest BCUT2D eigenvalue weighted by atomic mass is 10.0. The monoisotopic (exact) mass is 381 g/mol. The van der Waals surface area contributed by atoms with Gasteiger partial charge in [-0.3, -0.25) is 4.79 Å². The second kappa shape index (κ2) is 8.27. The van der Waals surface area contributed by atoms with E-state index in [-0.39, 0.29) is 24.7 Å². The lowest BCUT2D eigenvalue weighted by molar-refractivity contribution is -0.118. The maximum Gasteiger partial charge on any atom is 0.339 e. The summed E-state index contributed by atoms with van der Waals surface area (Å²) in [5.41, 5.74) is 3.91. The zero-order valence-electron chi connectivity index (χ0n) is 16.2. The average molecular weight is 381 g/mol. The molecule has 28 heavy (non-hydrogen) atoms. The molecule has 0 spiro atoms. The predicted octanol–water partition coefficient (Wildman–Crippen LogP) is 3.27. The van der Waals surface area contributed by atoms with Crippen molar-refractivity contribution in [3.05, 3.63) is 69.1 Å². The molecule has 0 bridgehead atoms. The minimum Gasteiger partial charge on any atom is -0.483 e. The second-order valence-corrected chi connectivity index (χ2v) is 6.71. The Morgan fingerprint density at radius 3 is 2.43 bits per heavy atom. The molecule has 0 atom stereocenters. The number of fused-ring (bicyclic) bond motifs is 1. The number of carbonyl (C=O) groups is 1. The van der Waals surface area contributed by atoms with Crippen LogP contribution < -0.4 is 15.7 Å². The van der Waals surface area contributed by atoms with E-state index in [1.54, 1.807) is 32.0 Å². The van der Waals surface area contributed by atoms with Gasteiger partial charge in [0.2, 0.25) is 0 Å². The number of carbonyl (C=O) groups excluding carboxylic acids is 1. The molecule has 2 aromatic carbocycles. The van der Waals surface area contributed by atoms with Gasteiger partial charge >= 0.3 is 5.63 Å². The summed E-state index contributed by atoms with van der Waals surface area (Å²) in [7, 11) is 0. The van der Waals surface area contributed by atoms with Gasteiger partial charge < -0.3 is 19.6 Å². The molecule has 1 heterocycles. The molecule has 146 valence electrons. The van der Waals surface area contributed by atoms with Crippen molar-refractivity contribution in [1.29, 1.82) is 0 Å². The molecule has 3 aromatic rings. The molecular formula is C22H23NO5. The van der Waals surface area contributed by atoms with Crippen LogP contribution in [0, 0.1) is 20.8 Å². The summed E-state index contributed by atoms with van der Waals surface area (Å²) in [6, 6.07) is 10.9. The first-order valence-electron chi connectivity index (χ1n) is 9.06. The van der Waals surface area contributed by atoms with E-state index in [4.69, 9.17) is 14.3 Å². The molecule has 3 rings (SSSR count). The number of aliphatic hydroxyl groups excluding tert-OH is 1. The van der Waals surface area contributed by atoms with E-state index >= 15 is 0 Å². The van der Waals surface area contributed by atoms with E-state index in [0.29, 0.717) is 34.6 Å². The van der Waals surface area contributed by atoms with Crippen LogP contribution >= 0.6 is 0 Å². The number of aryl methyl sites for hydroxylation is 2. The van der Waals surface area contributed by atoms with E-state index < -0.39 is 0 Å². The number of hydrogen-bond acceptors (Lipinski definition) is 5. The molecule has 0 aliphatic carbocycles. The lowest BCUT2D eigenvalue weighted by Crippen LogP contribution is -2.20. The van der Waals surface area contributed by atoms with E-state index in [1.165, 1.54) is 0 Å². The molecule has 0 saturated heterocycles. The highest BCUT2D eigenvalue weighted by atomic mass is 16.5. The Hall–Kier alpha value is -3.12. The third-order valence-electron chi connectivity index (χ3n) is 4.82. The minimum absolute atomic E-state index is 0.0872. The molecule has 1 amide bonds. The standard InChI is InChI=1S/C22H23NO5/c1-13-14(2)22(26)28-21-15(3)19(9-8-18(13)21)27-12-20(25)23-17-6-4-16(5-7-17)10-11-24/h4-9,24H,10-12H2,1-3H3,(H,23,25). The van der Waals surface area contributed by atoms with Crippen molar-refractivity contribution in [2.75, 3.05) is 18.5 Å². The highest BCUT2D eigenvalue weighted by molar-refractivity contribution is 5.92. The molecule has 0 aliphatic heterocycles. The molecule has 1 aromatic heterocycles. The molecule has 0 fully saturated rings. The van der Waals surface area contributed by atoms with Gasteiger partial charge in [-0.15, -0.1) is 0 Å². The first kappa shape index (κ1) is 19.6. The number of anilines is 1. The van der Waals surface area contributed by atoms with Gasteiger partial charge in [0.05, 0.1) is 0 Å². The Labute approximate surface area is 162 Å². The van der Waals surface area contributed by atoms with Crippen LogP contribution in [0.5, 0.6) is 5.75 Å². The average Bonchev–Trinajstić information content (AvgIpc) is 2.68. The van der Waals surface area contributed by atoms with E-state index in [1.807, 2.05) is 25.1 Å². The van der Waals surface area contributed by atoms with Crippen molar-refractivity contribution in [1.82, 2.24) is 0 Å². The molecule has 6 heteroatoms. The van der Waals surface area contributed by atoms with Crippen molar-refractivity contribution in [2.45, 2.75) is 27.2 Å². The number of hydrogen-bond donors (Lipinski definition) is 2. The minimum atomic E-state index is -0.368. The maximum absolute atomic E-state index is 12.2. The van der Waals surface area contributed by atoms with E-state index in [2.05, 4.69) is 5.32 Å².